The van der Waals surface area contributed by atoms with Crippen LogP contribution in [0.25, 0.3) is 10.6 Å². The van der Waals surface area contributed by atoms with Gasteiger partial charge in [-0.2, -0.15) is 0 Å². The summed E-state index contributed by atoms with van der Waals surface area (Å²) >= 11 is 1.40. The lowest BCUT2D eigenvalue weighted by Crippen LogP contribution is -2.48. The van der Waals surface area contributed by atoms with Crippen LogP contribution in [0.4, 0.5) is 0 Å². The molecule has 2 heterocycles. The van der Waals surface area contributed by atoms with Crippen molar-refractivity contribution in [1.29, 1.82) is 0 Å². The van der Waals surface area contributed by atoms with Gasteiger partial charge in [-0.15, -0.1) is 11.3 Å². The number of hydrogen-bond acceptors (Lipinski definition) is 4. The highest BCUT2D eigenvalue weighted by Crippen LogP contribution is 2.25. The summed E-state index contributed by atoms with van der Waals surface area (Å²) in [5.41, 5.74) is 1.29. The monoisotopic (exact) mass is 316 g/mol. The highest BCUT2D eigenvalue weighted by molar-refractivity contribution is 7.13. The lowest BCUT2D eigenvalue weighted by Gasteiger charge is -2.32. The van der Waals surface area contributed by atoms with Crippen LogP contribution < -0.4 is 0 Å². The summed E-state index contributed by atoms with van der Waals surface area (Å²) in [6, 6.07) is 8.91. The van der Waals surface area contributed by atoms with Gasteiger partial charge in [0.05, 0.1) is 0 Å². The summed E-state index contributed by atoms with van der Waals surface area (Å²) in [6.45, 7) is 0.480. The molecule has 0 spiro atoms. The van der Waals surface area contributed by atoms with Gasteiger partial charge in [0.25, 0.3) is 5.91 Å². The van der Waals surface area contributed by atoms with Crippen molar-refractivity contribution in [3.05, 3.63) is 41.4 Å². The smallest absolute Gasteiger partial charge is 0.326 e. The Bertz CT molecular complexity index is 684. The van der Waals surface area contributed by atoms with Crippen molar-refractivity contribution < 1.29 is 14.7 Å². The van der Waals surface area contributed by atoms with E-state index in [0.717, 1.165) is 23.4 Å². The van der Waals surface area contributed by atoms with Crippen LogP contribution in [0.3, 0.4) is 0 Å². The molecule has 0 aliphatic carbocycles. The Morgan fingerprint density at radius 3 is 2.73 bits per heavy atom. The van der Waals surface area contributed by atoms with Gasteiger partial charge >= 0.3 is 5.97 Å². The fourth-order valence-electron chi connectivity index (χ4n) is 2.66. The van der Waals surface area contributed by atoms with Gasteiger partial charge in [-0.05, 0) is 19.3 Å². The van der Waals surface area contributed by atoms with Crippen molar-refractivity contribution in [2.75, 3.05) is 6.54 Å². The van der Waals surface area contributed by atoms with E-state index in [-0.39, 0.29) is 5.91 Å². The Labute approximate surface area is 132 Å². The van der Waals surface area contributed by atoms with Crippen LogP contribution in [-0.2, 0) is 4.79 Å². The summed E-state index contributed by atoms with van der Waals surface area (Å²) in [7, 11) is 0. The predicted molar refractivity (Wildman–Crippen MR) is 83.9 cm³/mol. The van der Waals surface area contributed by atoms with Crippen molar-refractivity contribution in [2.45, 2.75) is 25.3 Å². The van der Waals surface area contributed by atoms with E-state index >= 15 is 0 Å². The second-order valence-corrected chi connectivity index (χ2v) is 6.11. The number of thiazole rings is 1. The number of aliphatic carboxylic acids is 1. The van der Waals surface area contributed by atoms with E-state index in [1.54, 1.807) is 5.38 Å². The molecule has 1 fully saturated rings. The molecule has 2 aromatic rings. The molecule has 22 heavy (non-hydrogen) atoms. The molecule has 0 saturated carbocycles. The van der Waals surface area contributed by atoms with Crippen molar-refractivity contribution in [1.82, 2.24) is 9.88 Å². The fourth-order valence-corrected chi connectivity index (χ4v) is 3.46. The van der Waals surface area contributed by atoms with Crippen LogP contribution in [-0.4, -0.2) is 39.5 Å². The van der Waals surface area contributed by atoms with Gasteiger partial charge in [0.2, 0.25) is 0 Å². The zero-order valence-corrected chi connectivity index (χ0v) is 12.8. The number of rotatable bonds is 3. The van der Waals surface area contributed by atoms with Gasteiger partial charge in [0.1, 0.15) is 16.7 Å². The summed E-state index contributed by atoms with van der Waals surface area (Å²) in [6.07, 6.45) is 2.19. The largest absolute Gasteiger partial charge is 0.480 e. The molecule has 6 heteroatoms. The topological polar surface area (TPSA) is 70.5 Å². The number of hydrogen-bond donors (Lipinski definition) is 1. The van der Waals surface area contributed by atoms with Crippen LogP contribution in [0.5, 0.6) is 0 Å². The number of carboxylic acids is 1. The summed E-state index contributed by atoms with van der Waals surface area (Å²) < 4.78 is 0. The van der Waals surface area contributed by atoms with E-state index in [1.807, 2.05) is 30.3 Å². The molecule has 1 unspecified atom stereocenters. The van der Waals surface area contributed by atoms with E-state index in [2.05, 4.69) is 4.98 Å². The van der Waals surface area contributed by atoms with Gasteiger partial charge in [-0.3, -0.25) is 4.79 Å². The summed E-state index contributed by atoms with van der Waals surface area (Å²) in [5, 5.41) is 11.8. The molecule has 1 N–H and O–H groups in total. The minimum atomic E-state index is -0.938. The number of aromatic nitrogens is 1. The Kier molecular flexibility index (Phi) is 4.20. The number of carboxylic acid groups (broad SMARTS) is 1. The molecule has 1 atom stereocenters. The molecule has 5 nitrogen and oxygen atoms in total. The summed E-state index contributed by atoms with van der Waals surface area (Å²) in [5.74, 6) is -1.22. The molecule has 1 saturated heterocycles. The highest BCUT2D eigenvalue weighted by atomic mass is 32.1. The molecular formula is C16H16N2O3S. The second-order valence-electron chi connectivity index (χ2n) is 5.25. The number of benzene rings is 1. The maximum absolute atomic E-state index is 12.6. The molecule has 0 bridgehead atoms. The van der Waals surface area contributed by atoms with Crippen molar-refractivity contribution in [3.63, 3.8) is 0 Å². The minimum absolute atomic E-state index is 0.287. The normalized spacial score (nSPS) is 18.2. The van der Waals surface area contributed by atoms with E-state index in [4.69, 9.17) is 0 Å². The zero-order valence-electron chi connectivity index (χ0n) is 11.9. The second kappa shape index (κ2) is 6.27. The maximum atomic E-state index is 12.6. The first-order chi connectivity index (χ1) is 10.7. The molecule has 1 aromatic heterocycles. The van der Waals surface area contributed by atoms with E-state index in [9.17, 15) is 14.7 Å². The lowest BCUT2D eigenvalue weighted by atomic mass is 10.0. The van der Waals surface area contributed by atoms with Gasteiger partial charge in [0, 0.05) is 17.5 Å². The Balaban J connectivity index is 1.83. The molecule has 1 aliphatic rings. The Morgan fingerprint density at radius 1 is 1.23 bits per heavy atom. The van der Waals surface area contributed by atoms with Crippen molar-refractivity contribution in [2.24, 2.45) is 0 Å². The van der Waals surface area contributed by atoms with Crippen LogP contribution in [0.2, 0.25) is 0 Å². The van der Waals surface area contributed by atoms with Crippen molar-refractivity contribution in [3.8, 4) is 10.6 Å². The third kappa shape index (κ3) is 2.87. The lowest BCUT2D eigenvalue weighted by molar-refractivity contribution is -0.143. The van der Waals surface area contributed by atoms with Gasteiger partial charge in [-0.25, -0.2) is 9.78 Å². The number of carbonyl (C=O) groups excluding carboxylic acids is 1. The average Bonchev–Trinajstić information content (AvgIpc) is 3.05. The first-order valence-corrected chi connectivity index (χ1v) is 8.09. The maximum Gasteiger partial charge on any atom is 0.326 e. The quantitative estimate of drug-likeness (QED) is 0.945. The van der Waals surface area contributed by atoms with Gasteiger partial charge in [-0.1, -0.05) is 30.3 Å². The van der Waals surface area contributed by atoms with E-state index in [0.29, 0.717) is 18.7 Å². The molecular weight excluding hydrogens is 300 g/mol. The van der Waals surface area contributed by atoms with Crippen LogP contribution >= 0.6 is 11.3 Å². The van der Waals surface area contributed by atoms with Crippen LogP contribution in [0.1, 0.15) is 29.8 Å². The van der Waals surface area contributed by atoms with Gasteiger partial charge < -0.3 is 10.0 Å². The number of piperidine rings is 1. The standard InChI is InChI=1S/C16H16N2O3S/c19-15(18-9-5-4-8-13(18)16(20)21)12-10-22-14(17-12)11-6-2-1-3-7-11/h1-3,6-7,10,13H,4-5,8-9H2,(H,20,21). The third-order valence-corrected chi connectivity index (χ3v) is 4.68. The zero-order chi connectivity index (χ0) is 15.5. The fraction of sp³-hybridized carbons (Fsp3) is 0.312. The molecule has 1 aromatic carbocycles. The Hall–Kier alpha value is -2.21. The highest BCUT2D eigenvalue weighted by Gasteiger charge is 2.33. The molecule has 1 amide bonds. The Morgan fingerprint density at radius 2 is 2.00 bits per heavy atom. The van der Waals surface area contributed by atoms with Crippen LogP contribution in [0, 0.1) is 0 Å². The number of carbonyl (C=O) groups is 2. The van der Waals surface area contributed by atoms with Gasteiger partial charge in [0.15, 0.2) is 0 Å². The molecule has 1 aliphatic heterocycles. The average molecular weight is 316 g/mol. The number of likely N-dealkylation sites (tertiary alicyclic amines) is 1. The summed E-state index contributed by atoms with van der Waals surface area (Å²) in [4.78, 5) is 29.7. The number of nitrogens with zero attached hydrogens (tertiary/aromatic N) is 2. The first kappa shape index (κ1) is 14.7. The predicted octanol–water partition coefficient (Wildman–Crippen LogP) is 2.89. The number of amides is 1. The molecule has 3 rings (SSSR count). The third-order valence-electron chi connectivity index (χ3n) is 3.79. The van der Waals surface area contributed by atoms with E-state index < -0.39 is 12.0 Å². The van der Waals surface area contributed by atoms with Crippen molar-refractivity contribution >= 4 is 23.2 Å². The SMILES string of the molecule is O=C(O)C1CCCCN1C(=O)c1csc(-c2ccccc2)n1. The first-order valence-electron chi connectivity index (χ1n) is 7.21. The van der Waals surface area contributed by atoms with E-state index in [1.165, 1.54) is 16.2 Å². The minimum Gasteiger partial charge on any atom is -0.480 e. The van der Waals surface area contributed by atoms with Crippen LogP contribution in [0.15, 0.2) is 35.7 Å². The molecule has 0 radical (unpaired) electrons. The molecule has 114 valence electrons.